The molecule has 90 valence electrons. The molecule has 0 aliphatic heterocycles. The van der Waals surface area contributed by atoms with Gasteiger partial charge in [-0.15, -0.1) is 0 Å². The Kier molecular flexibility index (Phi) is 4.90. The maximum atomic E-state index is 5.87. The van der Waals surface area contributed by atoms with Crippen LogP contribution in [0.5, 0.6) is 0 Å². The van der Waals surface area contributed by atoms with Gasteiger partial charge in [-0.1, -0.05) is 56.2 Å². The largest absolute Gasteiger partial charge is 0.330 e. The predicted molar refractivity (Wildman–Crippen MR) is 76.5 cm³/mol. The summed E-state index contributed by atoms with van der Waals surface area (Å²) in [6.45, 7) is 8.12. The lowest BCUT2D eigenvalue weighted by Crippen LogP contribution is -2.42. The maximum Gasteiger partial charge on any atom is 0.0250 e. The third-order valence-electron chi connectivity index (χ3n) is 4.64. The molecule has 2 heteroatoms. The van der Waals surface area contributed by atoms with Crippen molar-refractivity contribution in [3.63, 3.8) is 0 Å². The van der Waals surface area contributed by atoms with Crippen LogP contribution in [0.2, 0.25) is 0 Å². The lowest BCUT2D eigenvalue weighted by molar-refractivity contribution is 0.163. The van der Waals surface area contributed by atoms with Gasteiger partial charge < -0.3 is 5.73 Å². The molecule has 2 N–H and O–H groups in total. The van der Waals surface area contributed by atoms with Crippen molar-refractivity contribution in [3.8, 4) is 0 Å². The summed E-state index contributed by atoms with van der Waals surface area (Å²) in [5.41, 5.74) is 6.37. The van der Waals surface area contributed by atoms with Gasteiger partial charge >= 0.3 is 0 Å². The van der Waals surface area contributed by atoms with E-state index in [1.54, 1.807) is 0 Å². The van der Waals surface area contributed by atoms with Crippen molar-refractivity contribution in [2.24, 2.45) is 17.1 Å². The summed E-state index contributed by atoms with van der Waals surface area (Å²) < 4.78 is 0.421. The van der Waals surface area contributed by atoms with Crippen molar-refractivity contribution < 1.29 is 0 Å². The Labute approximate surface area is 109 Å². The molecule has 0 spiro atoms. The van der Waals surface area contributed by atoms with E-state index in [-0.39, 0.29) is 0 Å². The zero-order valence-corrected chi connectivity index (χ0v) is 12.6. The molecule has 0 radical (unpaired) electrons. The number of nitrogens with two attached hydrogens (primary N) is 1. The second kappa shape index (κ2) is 5.35. The van der Waals surface area contributed by atoms with Crippen LogP contribution >= 0.6 is 22.6 Å². The Balaban J connectivity index is 2.81. The molecule has 3 atom stereocenters. The normalized spacial score (nSPS) is 43.4. The van der Waals surface area contributed by atoms with Crippen LogP contribution in [0.15, 0.2) is 0 Å². The smallest absolute Gasteiger partial charge is 0.0250 e. The van der Waals surface area contributed by atoms with Gasteiger partial charge in [0.2, 0.25) is 0 Å². The van der Waals surface area contributed by atoms with Gasteiger partial charge in [0.05, 0.1) is 0 Å². The van der Waals surface area contributed by atoms with Crippen LogP contribution in [-0.4, -0.2) is 9.97 Å². The highest BCUT2D eigenvalue weighted by atomic mass is 127. The first kappa shape index (κ1) is 13.8. The molecule has 1 fully saturated rings. The van der Waals surface area contributed by atoms with Gasteiger partial charge in [-0.2, -0.15) is 0 Å². The number of alkyl halides is 1. The molecule has 0 aromatic rings. The van der Waals surface area contributed by atoms with Crippen molar-refractivity contribution in [1.82, 2.24) is 0 Å². The van der Waals surface area contributed by atoms with Crippen LogP contribution in [0.4, 0.5) is 0 Å². The highest BCUT2D eigenvalue weighted by molar-refractivity contribution is 14.1. The van der Waals surface area contributed by atoms with E-state index in [1.165, 1.54) is 38.5 Å². The Hall–Kier alpha value is 0.690. The van der Waals surface area contributed by atoms with Crippen LogP contribution in [0.3, 0.4) is 0 Å². The molecule has 0 amide bonds. The van der Waals surface area contributed by atoms with E-state index in [9.17, 15) is 0 Å². The average molecular weight is 323 g/mol. The summed E-state index contributed by atoms with van der Waals surface area (Å²) in [7, 11) is 0. The molecule has 1 aliphatic carbocycles. The number of hydrogen-bond acceptors (Lipinski definition) is 1. The van der Waals surface area contributed by atoms with Gasteiger partial charge in [0.25, 0.3) is 0 Å². The summed E-state index contributed by atoms with van der Waals surface area (Å²) in [6.07, 6.45) is 8.09. The number of hydrogen-bond donors (Lipinski definition) is 1. The van der Waals surface area contributed by atoms with Crippen molar-refractivity contribution in [3.05, 3.63) is 0 Å². The van der Waals surface area contributed by atoms with Crippen LogP contribution in [0.25, 0.3) is 0 Å². The maximum absolute atomic E-state index is 5.87. The van der Waals surface area contributed by atoms with Gasteiger partial charge in [-0.3, -0.25) is 0 Å². The molecule has 15 heavy (non-hydrogen) atoms. The minimum Gasteiger partial charge on any atom is -0.330 e. The molecular weight excluding hydrogens is 297 g/mol. The highest BCUT2D eigenvalue weighted by Gasteiger charge is 2.42. The van der Waals surface area contributed by atoms with Crippen LogP contribution < -0.4 is 5.73 Å². The minimum absolute atomic E-state index is 0.421. The van der Waals surface area contributed by atoms with Gasteiger partial charge in [0.1, 0.15) is 0 Å². The molecule has 1 saturated carbocycles. The Bertz CT molecular complexity index is 203. The zero-order chi connectivity index (χ0) is 11.5. The fourth-order valence-corrected chi connectivity index (χ4v) is 4.12. The van der Waals surface area contributed by atoms with E-state index in [1.807, 2.05) is 0 Å². The van der Waals surface area contributed by atoms with E-state index in [4.69, 9.17) is 5.73 Å². The average Bonchev–Trinajstić information content (AvgIpc) is 2.20. The minimum atomic E-state index is 0.421. The summed E-state index contributed by atoms with van der Waals surface area (Å²) in [5.74, 6) is 0.748. The molecule has 1 aliphatic rings. The predicted octanol–water partition coefficient (Wildman–Crippen LogP) is 4.14. The van der Waals surface area contributed by atoms with Gasteiger partial charge in [-0.25, -0.2) is 0 Å². The summed E-state index contributed by atoms with van der Waals surface area (Å²) in [4.78, 5) is 0. The van der Waals surface area contributed by atoms with Crippen LogP contribution in [-0.2, 0) is 0 Å². The van der Waals surface area contributed by atoms with Crippen LogP contribution in [0.1, 0.15) is 59.3 Å². The van der Waals surface area contributed by atoms with E-state index in [0.717, 1.165) is 12.5 Å². The monoisotopic (exact) mass is 323 g/mol. The second-order valence-corrected chi connectivity index (χ2v) is 8.04. The third kappa shape index (κ3) is 3.09. The van der Waals surface area contributed by atoms with Gasteiger partial charge in [0.15, 0.2) is 0 Å². The molecule has 0 aromatic carbocycles. The molecule has 1 nitrogen and oxygen atoms in total. The molecule has 0 saturated heterocycles. The van der Waals surface area contributed by atoms with E-state index < -0.39 is 0 Å². The number of rotatable bonds is 2. The van der Waals surface area contributed by atoms with E-state index >= 15 is 0 Å². The third-order valence-corrected chi connectivity index (χ3v) is 6.38. The van der Waals surface area contributed by atoms with Crippen molar-refractivity contribution in [1.29, 1.82) is 0 Å². The van der Waals surface area contributed by atoms with Gasteiger partial charge in [-0.05, 0) is 43.6 Å². The highest BCUT2D eigenvalue weighted by Crippen LogP contribution is 2.50. The topological polar surface area (TPSA) is 26.0 Å². The molecule has 1 rings (SSSR count). The first-order valence-corrected chi connectivity index (χ1v) is 7.42. The standard InChI is InChI=1S/C13H26IN/c1-4-12(2)8-6-5-7-11(10-15)9-13(12,3)14/h11H,4-10,15H2,1-3H3. The quantitative estimate of drug-likeness (QED) is 0.600. The lowest BCUT2D eigenvalue weighted by atomic mass is 9.67. The van der Waals surface area contributed by atoms with Crippen LogP contribution in [0, 0.1) is 11.3 Å². The fourth-order valence-electron chi connectivity index (χ4n) is 2.85. The SMILES string of the molecule is CCC1(C)CCCCC(CN)CC1(C)I. The summed E-state index contributed by atoms with van der Waals surface area (Å²) >= 11 is 2.69. The van der Waals surface area contributed by atoms with Gasteiger partial charge in [0, 0.05) is 3.42 Å². The molecule has 0 aromatic heterocycles. The summed E-state index contributed by atoms with van der Waals surface area (Å²) in [5, 5.41) is 0. The number of halogens is 1. The lowest BCUT2D eigenvalue weighted by Gasteiger charge is -2.46. The zero-order valence-electron chi connectivity index (χ0n) is 10.5. The van der Waals surface area contributed by atoms with Crippen molar-refractivity contribution in [2.45, 2.75) is 62.7 Å². The van der Waals surface area contributed by atoms with E-state index in [0.29, 0.717) is 8.84 Å². The Morgan fingerprint density at radius 1 is 1.33 bits per heavy atom. The molecule has 3 unspecified atom stereocenters. The van der Waals surface area contributed by atoms with Crippen molar-refractivity contribution in [2.75, 3.05) is 6.54 Å². The molecular formula is C13H26IN. The summed E-state index contributed by atoms with van der Waals surface area (Å²) in [6, 6.07) is 0. The van der Waals surface area contributed by atoms with E-state index in [2.05, 4.69) is 43.4 Å². The van der Waals surface area contributed by atoms with Crippen molar-refractivity contribution >= 4 is 22.6 Å². The fraction of sp³-hybridized carbons (Fsp3) is 1.00. The first-order chi connectivity index (χ1) is 6.95. The Morgan fingerprint density at radius 2 is 2.00 bits per heavy atom. The second-order valence-electron chi connectivity index (χ2n) is 5.66. The Morgan fingerprint density at radius 3 is 2.53 bits per heavy atom. The molecule has 0 heterocycles. The molecule has 0 bridgehead atoms. The first-order valence-electron chi connectivity index (χ1n) is 6.34.